The summed E-state index contributed by atoms with van der Waals surface area (Å²) in [7, 11) is 0. The molecular weight excluding hydrogens is 280 g/mol. The Balaban J connectivity index is 1.58. The number of amides is 1. The van der Waals surface area contributed by atoms with Gasteiger partial charge in [-0.3, -0.25) is 4.79 Å². The van der Waals surface area contributed by atoms with E-state index in [0.717, 1.165) is 17.0 Å². The lowest BCUT2D eigenvalue weighted by Crippen LogP contribution is -2.21. The second-order valence-corrected chi connectivity index (χ2v) is 6.73. The molecule has 1 N–H and O–H groups in total. The van der Waals surface area contributed by atoms with E-state index >= 15 is 0 Å². The molecule has 2 aromatic rings. The zero-order chi connectivity index (χ0) is 14.8. The molecule has 4 heteroatoms. The second-order valence-electron chi connectivity index (χ2n) is 5.44. The van der Waals surface area contributed by atoms with Crippen LogP contribution in [0.4, 0.5) is 0 Å². The topological polar surface area (TPSA) is 41.5 Å². The fraction of sp³-hybridized carbons (Fsp3) is 0.294. The monoisotopic (exact) mass is 298 g/mol. The van der Waals surface area contributed by atoms with Crippen LogP contribution >= 0.6 is 11.3 Å². The second kappa shape index (κ2) is 5.82. The number of thiophene rings is 1. The minimum Gasteiger partial charge on any atom is -0.273 e. The van der Waals surface area contributed by atoms with Crippen LogP contribution in [0, 0.1) is 12.8 Å². The van der Waals surface area contributed by atoms with E-state index in [-0.39, 0.29) is 11.8 Å². The first-order valence-corrected chi connectivity index (χ1v) is 7.92. The average molecular weight is 298 g/mol. The zero-order valence-electron chi connectivity index (χ0n) is 12.2. The third-order valence-corrected chi connectivity index (χ3v) is 4.90. The Bertz CT molecular complexity index is 675. The van der Waals surface area contributed by atoms with Gasteiger partial charge in [-0.25, -0.2) is 5.43 Å². The van der Waals surface area contributed by atoms with Gasteiger partial charge in [0.25, 0.3) is 0 Å². The molecule has 1 heterocycles. The summed E-state index contributed by atoms with van der Waals surface area (Å²) in [6.07, 6.45) is 0.919. The fourth-order valence-electron chi connectivity index (χ4n) is 2.46. The van der Waals surface area contributed by atoms with Gasteiger partial charge in [0.1, 0.15) is 0 Å². The van der Waals surface area contributed by atoms with Gasteiger partial charge in [-0.15, -0.1) is 11.3 Å². The number of hydrogen-bond acceptors (Lipinski definition) is 3. The SMILES string of the molecule is CC(=NNC(=O)[C@H]1C[C@H]1c1ccccc1)c1ccc(C)s1. The van der Waals surface area contributed by atoms with Crippen molar-refractivity contribution in [2.24, 2.45) is 11.0 Å². The summed E-state index contributed by atoms with van der Waals surface area (Å²) in [6.45, 7) is 3.99. The zero-order valence-corrected chi connectivity index (χ0v) is 13.0. The highest BCUT2D eigenvalue weighted by Gasteiger charge is 2.43. The molecule has 1 fully saturated rings. The van der Waals surface area contributed by atoms with Crippen LogP contribution in [-0.4, -0.2) is 11.6 Å². The van der Waals surface area contributed by atoms with Crippen LogP contribution < -0.4 is 5.43 Å². The number of benzene rings is 1. The first kappa shape index (κ1) is 14.0. The summed E-state index contributed by atoms with van der Waals surface area (Å²) >= 11 is 1.69. The van der Waals surface area contributed by atoms with Crippen LogP contribution in [0.5, 0.6) is 0 Å². The van der Waals surface area contributed by atoms with E-state index < -0.39 is 0 Å². The molecule has 1 amide bonds. The number of hydrogen-bond donors (Lipinski definition) is 1. The number of nitrogens with one attached hydrogen (secondary N) is 1. The molecule has 0 bridgehead atoms. The summed E-state index contributed by atoms with van der Waals surface area (Å²) in [6, 6.07) is 14.3. The Hall–Kier alpha value is -1.94. The smallest absolute Gasteiger partial charge is 0.243 e. The third kappa shape index (κ3) is 3.22. The van der Waals surface area contributed by atoms with E-state index in [1.165, 1.54) is 10.4 Å². The maximum Gasteiger partial charge on any atom is 0.243 e. The van der Waals surface area contributed by atoms with E-state index in [0.29, 0.717) is 5.92 Å². The fourth-order valence-corrected chi connectivity index (χ4v) is 3.27. The molecule has 3 rings (SSSR count). The predicted molar refractivity (Wildman–Crippen MR) is 86.7 cm³/mol. The van der Waals surface area contributed by atoms with Gasteiger partial charge in [0.2, 0.25) is 5.91 Å². The number of hydrazone groups is 1. The van der Waals surface area contributed by atoms with Crippen molar-refractivity contribution in [1.29, 1.82) is 0 Å². The molecule has 0 saturated heterocycles. The number of carbonyl (C=O) groups excluding carboxylic acids is 1. The van der Waals surface area contributed by atoms with Gasteiger partial charge in [0.05, 0.1) is 10.6 Å². The quantitative estimate of drug-likeness (QED) is 0.678. The van der Waals surface area contributed by atoms with Gasteiger partial charge < -0.3 is 0 Å². The Kier molecular flexibility index (Phi) is 3.88. The molecule has 1 aliphatic carbocycles. The van der Waals surface area contributed by atoms with E-state index in [2.05, 4.69) is 35.7 Å². The highest BCUT2D eigenvalue weighted by molar-refractivity contribution is 7.14. The van der Waals surface area contributed by atoms with Crippen molar-refractivity contribution >= 4 is 23.0 Å². The van der Waals surface area contributed by atoms with Crippen molar-refractivity contribution in [2.75, 3.05) is 0 Å². The highest BCUT2D eigenvalue weighted by atomic mass is 32.1. The Labute approximate surface area is 128 Å². The molecule has 0 radical (unpaired) electrons. The summed E-state index contributed by atoms with van der Waals surface area (Å²) in [5, 5.41) is 4.22. The van der Waals surface area contributed by atoms with Crippen molar-refractivity contribution in [1.82, 2.24) is 5.43 Å². The minimum absolute atomic E-state index is 0.0245. The van der Waals surface area contributed by atoms with Crippen molar-refractivity contribution in [3.8, 4) is 0 Å². The summed E-state index contributed by atoms with van der Waals surface area (Å²) in [4.78, 5) is 14.5. The van der Waals surface area contributed by atoms with Crippen LogP contribution in [-0.2, 0) is 4.79 Å². The lowest BCUT2D eigenvalue weighted by molar-refractivity contribution is -0.122. The molecule has 1 saturated carbocycles. The standard InChI is InChI=1S/C17H18N2OS/c1-11-8-9-16(21-11)12(2)18-19-17(20)15-10-14(15)13-6-4-3-5-7-13/h3-9,14-15H,10H2,1-2H3,(H,19,20)/t14-,15-/m0/s1. The molecule has 108 valence electrons. The lowest BCUT2D eigenvalue weighted by atomic mass is 10.1. The van der Waals surface area contributed by atoms with E-state index in [9.17, 15) is 4.79 Å². The van der Waals surface area contributed by atoms with Gasteiger partial charge in [-0.2, -0.15) is 5.10 Å². The van der Waals surface area contributed by atoms with Gasteiger partial charge in [0, 0.05) is 10.8 Å². The highest BCUT2D eigenvalue weighted by Crippen LogP contribution is 2.47. The molecule has 0 aliphatic heterocycles. The van der Waals surface area contributed by atoms with E-state index in [1.807, 2.05) is 31.2 Å². The van der Waals surface area contributed by atoms with Crippen LogP contribution in [0.15, 0.2) is 47.6 Å². The Morgan fingerprint density at radius 2 is 2.00 bits per heavy atom. The molecule has 0 unspecified atom stereocenters. The molecule has 0 spiro atoms. The average Bonchev–Trinajstić information content (AvgIpc) is 3.20. The van der Waals surface area contributed by atoms with Gasteiger partial charge in [-0.05, 0) is 43.9 Å². The summed E-state index contributed by atoms with van der Waals surface area (Å²) < 4.78 is 0. The summed E-state index contributed by atoms with van der Waals surface area (Å²) in [5.74, 6) is 0.441. The number of rotatable bonds is 4. The number of carbonyl (C=O) groups is 1. The van der Waals surface area contributed by atoms with Crippen molar-refractivity contribution in [2.45, 2.75) is 26.2 Å². The molecular formula is C17H18N2OS. The third-order valence-electron chi connectivity index (χ3n) is 3.79. The number of nitrogens with zero attached hydrogens (tertiary/aromatic N) is 1. The van der Waals surface area contributed by atoms with E-state index in [4.69, 9.17) is 0 Å². The maximum atomic E-state index is 12.1. The summed E-state index contributed by atoms with van der Waals surface area (Å²) in [5.41, 5.74) is 4.81. The Morgan fingerprint density at radius 3 is 2.67 bits per heavy atom. The van der Waals surface area contributed by atoms with Crippen LogP contribution in [0.3, 0.4) is 0 Å². The van der Waals surface area contributed by atoms with Gasteiger partial charge in [-0.1, -0.05) is 30.3 Å². The van der Waals surface area contributed by atoms with Gasteiger partial charge >= 0.3 is 0 Å². The van der Waals surface area contributed by atoms with E-state index in [1.54, 1.807) is 11.3 Å². The normalized spacial score (nSPS) is 21.1. The first-order chi connectivity index (χ1) is 10.1. The predicted octanol–water partition coefficient (Wildman–Crippen LogP) is 3.70. The van der Waals surface area contributed by atoms with Crippen LogP contribution in [0.25, 0.3) is 0 Å². The van der Waals surface area contributed by atoms with Crippen molar-refractivity contribution in [3.63, 3.8) is 0 Å². The molecule has 1 aliphatic rings. The lowest BCUT2D eigenvalue weighted by Gasteiger charge is -2.01. The van der Waals surface area contributed by atoms with Crippen molar-refractivity contribution in [3.05, 3.63) is 57.8 Å². The largest absolute Gasteiger partial charge is 0.273 e. The Morgan fingerprint density at radius 1 is 1.24 bits per heavy atom. The molecule has 3 nitrogen and oxygen atoms in total. The molecule has 2 atom stereocenters. The van der Waals surface area contributed by atoms with Crippen LogP contribution in [0.1, 0.15) is 34.6 Å². The minimum atomic E-state index is 0.0245. The molecule has 1 aromatic heterocycles. The molecule has 1 aromatic carbocycles. The van der Waals surface area contributed by atoms with Crippen LogP contribution in [0.2, 0.25) is 0 Å². The van der Waals surface area contributed by atoms with Crippen molar-refractivity contribution < 1.29 is 4.79 Å². The maximum absolute atomic E-state index is 12.1. The molecule has 21 heavy (non-hydrogen) atoms. The van der Waals surface area contributed by atoms with Gasteiger partial charge in [0.15, 0.2) is 0 Å². The number of aryl methyl sites for hydroxylation is 1. The first-order valence-electron chi connectivity index (χ1n) is 7.11.